The van der Waals surface area contributed by atoms with Crippen molar-refractivity contribution in [1.82, 2.24) is 4.90 Å². The normalized spacial score (nSPS) is 25.1. The van der Waals surface area contributed by atoms with Crippen molar-refractivity contribution >= 4 is 5.91 Å². The van der Waals surface area contributed by atoms with E-state index in [1.807, 2.05) is 12.1 Å². The van der Waals surface area contributed by atoms with Crippen molar-refractivity contribution in [2.24, 2.45) is 17.6 Å². The Morgan fingerprint density at radius 1 is 1.32 bits per heavy atom. The molecule has 25 heavy (non-hydrogen) atoms. The van der Waals surface area contributed by atoms with Gasteiger partial charge in [-0.3, -0.25) is 4.79 Å². The van der Waals surface area contributed by atoms with E-state index in [4.69, 9.17) is 10.5 Å². The zero-order valence-corrected chi connectivity index (χ0v) is 15.8. The monoisotopic (exact) mass is 344 g/mol. The summed E-state index contributed by atoms with van der Waals surface area (Å²) in [5.41, 5.74) is 6.66. The predicted octanol–water partition coefficient (Wildman–Crippen LogP) is 3.34. The van der Waals surface area contributed by atoms with Gasteiger partial charge in [0.2, 0.25) is 5.91 Å². The highest BCUT2D eigenvalue weighted by Crippen LogP contribution is 2.46. The molecule has 1 aromatic rings. The summed E-state index contributed by atoms with van der Waals surface area (Å²) >= 11 is 0. The van der Waals surface area contributed by atoms with Crippen LogP contribution in [0.25, 0.3) is 0 Å². The number of likely N-dealkylation sites (tertiary alicyclic amines) is 1. The fourth-order valence-corrected chi connectivity index (χ4v) is 4.16. The third-order valence-corrected chi connectivity index (χ3v) is 5.86. The van der Waals surface area contributed by atoms with Crippen LogP contribution in [0.15, 0.2) is 24.3 Å². The molecular weight excluding hydrogens is 312 g/mol. The van der Waals surface area contributed by atoms with Gasteiger partial charge in [0.25, 0.3) is 0 Å². The van der Waals surface area contributed by atoms with E-state index in [-0.39, 0.29) is 5.41 Å². The molecule has 0 bridgehead atoms. The van der Waals surface area contributed by atoms with Crippen LogP contribution >= 0.6 is 0 Å². The van der Waals surface area contributed by atoms with Crippen molar-refractivity contribution < 1.29 is 9.53 Å². The summed E-state index contributed by atoms with van der Waals surface area (Å²) in [7, 11) is 0. The van der Waals surface area contributed by atoms with Gasteiger partial charge in [-0.15, -0.1) is 0 Å². The van der Waals surface area contributed by atoms with Gasteiger partial charge in [0.05, 0.1) is 12.0 Å². The molecule has 2 aliphatic rings. The largest absolute Gasteiger partial charge is 0.493 e. The van der Waals surface area contributed by atoms with Crippen LogP contribution in [0.3, 0.4) is 0 Å². The van der Waals surface area contributed by atoms with Crippen LogP contribution in [0.4, 0.5) is 0 Å². The van der Waals surface area contributed by atoms with Crippen LogP contribution in [-0.4, -0.2) is 36.5 Å². The van der Waals surface area contributed by atoms with Gasteiger partial charge in [-0.1, -0.05) is 32.4 Å². The van der Waals surface area contributed by atoms with Crippen molar-refractivity contribution in [3.8, 4) is 5.75 Å². The van der Waals surface area contributed by atoms with E-state index in [9.17, 15) is 4.79 Å². The molecule has 138 valence electrons. The molecule has 1 saturated carbocycles. The second-order valence-electron chi connectivity index (χ2n) is 8.31. The van der Waals surface area contributed by atoms with Crippen molar-refractivity contribution in [2.75, 3.05) is 19.7 Å². The molecule has 1 aliphatic carbocycles. The van der Waals surface area contributed by atoms with Crippen LogP contribution in [0.5, 0.6) is 5.75 Å². The van der Waals surface area contributed by atoms with Gasteiger partial charge in [0.15, 0.2) is 0 Å². The van der Waals surface area contributed by atoms with E-state index >= 15 is 0 Å². The Labute approximate surface area is 151 Å². The van der Waals surface area contributed by atoms with Crippen molar-refractivity contribution in [2.45, 2.75) is 57.9 Å². The minimum atomic E-state index is -0.325. The van der Waals surface area contributed by atoms with E-state index in [1.165, 1.54) is 0 Å². The van der Waals surface area contributed by atoms with Gasteiger partial charge in [0.1, 0.15) is 5.75 Å². The summed E-state index contributed by atoms with van der Waals surface area (Å²) in [4.78, 5) is 15.5. The molecule has 4 nitrogen and oxygen atoms in total. The molecule has 1 aromatic carbocycles. The fourth-order valence-electron chi connectivity index (χ4n) is 4.16. The van der Waals surface area contributed by atoms with Crippen LogP contribution < -0.4 is 10.5 Å². The van der Waals surface area contributed by atoms with Gasteiger partial charge < -0.3 is 15.4 Å². The Morgan fingerprint density at radius 2 is 2.00 bits per heavy atom. The van der Waals surface area contributed by atoms with Gasteiger partial charge in [-0.2, -0.15) is 0 Å². The number of benzene rings is 1. The van der Waals surface area contributed by atoms with Gasteiger partial charge in [-0.05, 0) is 62.3 Å². The number of carbonyl (C=O) groups excluding carboxylic acids is 1. The summed E-state index contributed by atoms with van der Waals surface area (Å²) in [5, 5.41) is 0. The molecule has 0 aromatic heterocycles. The van der Waals surface area contributed by atoms with E-state index < -0.39 is 0 Å². The third kappa shape index (κ3) is 3.55. The molecule has 2 atom stereocenters. The highest BCUT2D eigenvalue weighted by atomic mass is 16.5. The van der Waals surface area contributed by atoms with Gasteiger partial charge in [-0.25, -0.2) is 0 Å². The summed E-state index contributed by atoms with van der Waals surface area (Å²) in [5.74, 6) is 2.14. The molecule has 2 unspecified atom stereocenters. The third-order valence-electron chi connectivity index (χ3n) is 5.86. The van der Waals surface area contributed by atoms with Crippen molar-refractivity contribution in [3.63, 3.8) is 0 Å². The Bertz CT molecular complexity index is 592. The maximum Gasteiger partial charge on any atom is 0.233 e. The summed E-state index contributed by atoms with van der Waals surface area (Å²) in [6.45, 7) is 8.64. The summed E-state index contributed by atoms with van der Waals surface area (Å²) in [6.07, 6.45) is 4.06. The first kappa shape index (κ1) is 18.2. The minimum absolute atomic E-state index is 0.298. The number of ether oxygens (including phenoxy) is 1. The van der Waals surface area contributed by atoms with E-state index in [0.29, 0.717) is 30.3 Å². The molecule has 0 spiro atoms. The summed E-state index contributed by atoms with van der Waals surface area (Å²) < 4.78 is 5.78. The Hall–Kier alpha value is -1.55. The smallest absolute Gasteiger partial charge is 0.233 e. The van der Waals surface area contributed by atoms with E-state index in [2.05, 4.69) is 37.8 Å². The average Bonchev–Trinajstić information content (AvgIpc) is 2.94. The lowest BCUT2D eigenvalue weighted by Gasteiger charge is -2.44. The number of carbonyl (C=O) groups is 1. The fraction of sp³-hybridized carbons (Fsp3) is 0.667. The predicted molar refractivity (Wildman–Crippen MR) is 101 cm³/mol. The average molecular weight is 344 g/mol. The van der Waals surface area contributed by atoms with Crippen LogP contribution in [0, 0.1) is 11.8 Å². The number of rotatable bonds is 6. The second-order valence-corrected chi connectivity index (χ2v) is 8.31. The number of nitrogens with zero attached hydrogens (tertiary/aromatic N) is 1. The molecule has 0 radical (unpaired) electrons. The first-order chi connectivity index (χ1) is 12.0. The van der Waals surface area contributed by atoms with Gasteiger partial charge >= 0.3 is 0 Å². The van der Waals surface area contributed by atoms with Gasteiger partial charge in [0, 0.05) is 12.6 Å². The number of amides is 1. The Balaban J connectivity index is 1.75. The lowest BCUT2D eigenvalue weighted by Crippen LogP contribution is -2.52. The van der Waals surface area contributed by atoms with Crippen molar-refractivity contribution in [1.29, 1.82) is 0 Å². The summed E-state index contributed by atoms with van der Waals surface area (Å²) in [6, 6.07) is 8.51. The Kier molecular flexibility index (Phi) is 5.38. The first-order valence-corrected chi connectivity index (χ1v) is 9.70. The van der Waals surface area contributed by atoms with Crippen molar-refractivity contribution in [3.05, 3.63) is 29.8 Å². The van der Waals surface area contributed by atoms with E-state index in [0.717, 1.165) is 50.1 Å². The van der Waals surface area contributed by atoms with E-state index in [1.54, 1.807) is 0 Å². The highest BCUT2D eigenvalue weighted by Gasteiger charge is 2.49. The maximum atomic E-state index is 13.4. The maximum absolute atomic E-state index is 13.4. The molecular formula is C21H32N2O2. The molecule has 2 fully saturated rings. The lowest BCUT2D eigenvalue weighted by molar-refractivity contribution is -0.141. The SMILES string of the molecule is CC(C)COc1ccc(C2(C(=O)N3CC(CN)CC3C)CCC2)cc1. The molecule has 1 amide bonds. The molecule has 1 aliphatic heterocycles. The minimum Gasteiger partial charge on any atom is -0.493 e. The zero-order valence-electron chi connectivity index (χ0n) is 15.8. The second kappa shape index (κ2) is 7.36. The standard InChI is InChI=1S/C21H32N2O2/c1-15(2)14-25-19-7-5-18(6-8-19)21(9-4-10-21)20(24)23-13-17(12-22)11-16(23)3/h5-8,15-17H,4,9-14,22H2,1-3H3. The molecule has 1 saturated heterocycles. The topological polar surface area (TPSA) is 55.6 Å². The number of nitrogens with two attached hydrogens (primary N) is 1. The van der Waals surface area contributed by atoms with Crippen LogP contribution in [0.1, 0.15) is 52.0 Å². The molecule has 1 heterocycles. The Morgan fingerprint density at radius 3 is 2.48 bits per heavy atom. The molecule has 3 rings (SSSR count). The first-order valence-electron chi connectivity index (χ1n) is 9.70. The van der Waals surface area contributed by atoms with Crippen LogP contribution in [0.2, 0.25) is 0 Å². The quantitative estimate of drug-likeness (QED) is 0.861. The zero-order chi connectivity index (χ0) is 18.0. The van der Waals surface area contributed by atoms with Crippen LogP contribution in [-0.2, 0) is 10.2 Å². The highest BCUT2D eigenvalue weighted by molar-refractivity contribution is 5.89. The lowest BCUT2D eigenvalue weighted by atomic mass is 9.63. The number of hydrogen-bond donors (Lipinski definition) is 1. The number of hydrogen-bond acceptors (Lipinski definition) is 3. The molecule has 4 heteroatoms. The molecule has 2 N–H and O–H groups in total.